The second-order valence-electron chi connectivity index (χ2n) is 6.80. The Kier molecular flexibility index (Phi) is 6.66. The molecule has 3 unspecified atom stereocenters. The molecule has 1 heterocycles. The molecule has 1 saturated carbocycles. The number of aromatic nitrogens is 1. The van der Waals surface area contributed by atoms with Crippen LogP contribution in [0.3, 0.4) is 0 Å². The number of carbonyl (C=O) groups is 2. The lowest BCUT2D eigenvalue weighted by atomic mass is 9.75. The van der Waals surface area contributed by atoms with Gasteiger partial charge < -0.3 is 9.84 Å². The highest BCUT2D eigenvalue weighted by Gasteiger charge is 2.33. The monoisotopic (exact) mass is 351 g/mol. The van der Waals surface area contributed by atoms with Crippen LogP contribution >= 0.6 is 11.8 Å². The predicted octanol–water partition coefficient (Wildman–Crippen LogP) is 3.88. The van der Waals surface area contributed by atoms with Crippen molar-refractivity contribution in [2.75, 3.05) is 5.75 Å². The number of nitrogens with zero attached hydrogens (tertiary/aromatic N) is 1. The van der Waals surface area contributed by atoms with E-state index in [4.69, 9.17) is 9.84 Å². The second kappa shape index (κ2) is 8.51. The fourth-order valence-corrected chi connectivity index (χ4v) is 4.02. The third-order valence-corrected chi connectivity index (χ3v) is 5.55. The highest BCUT2D eigenvalue weighted by molar-refractivity contribution is 8.00. The Morgan fingerprint density at radius 1 is 1.42 bits per heavy atom. The molecule has 0 radical (unpaired) electrons. The second-order valence-corrected chi connectivity index (χ2v) is 7.77. The van der Waals surface area contributed by atoms with Crippen LogP contribution in [0.5, 0.6) is 0 Å². The molecule has 1 fully saturated rings. The van der Waals surface area contributed by atoms with Crippen molar-refractivity contribution in [3.63, 3.8) is 0 Å². The first-order valence-electron chi connectivity index (χ1n) is 8.39. The lowest BCUT2D eigenvalue weighted by Gasteiger charge is -2.36. The minimum absolute atomic E-state index is 0.0375. The molecule has 0 aliphatic heterocycles. The first-order chi connectivity index (χ1) is 11.4. The molecule has 1 N–H and O–H groups in total. The van der Waals surface area contributed by atoms with Gasteiger partial charge >= 0.3 is 11.9 Å². The largest absolute Gasteiger partial charge is 0.478 e. The maximum absolute atomic E-state index is 12.2. The van der Waals surface area contributed by atoms with Gasteiger partial charge in [-0.2, -0.15) is 0 Å². The van der Waals surface area contributed by atoms with Gasteiger partial charge in [-0.05, 0) is 42.7 Å². The molecule has 6 heteroatoms. The fourth-order valence-electron chi connectivity index (χ4n) is 3.25. The Hall–Kier alpha value is -1.56. The molecule has 132 valence electrons. The van der Waals surface area contributed by atoms with E-state index in [0.29, 0.717) is 22.8 Å². The Labute approximate surface area is 147 Å². The number of hydrogen-bond acceptors (Lipinski definition) is 5. The third-order valence-electron chi connectivity index (χ3n) is 4.57. The van der Waals surface area contributed by atoms with Crippen molar-refractivity contribution in [2.45, 2.75) is 51.2 Å². The number of hydrogen-bond donors (Lipinski definition) is 1. The number of esters is 1. The van der Waals surface area contributed by atoms with E-state index >= 15 is 0 Å². The van der Waals surface area contributed by atoms with Gasteiger partial charge in [-0.3, -0.25) is 4.79 Å². The van der Waals surface area contributed by atoms with Crippen LogP contribution in [-0.4, -0.2) is 33.9 Å². The Morgan fingerprint density at radius 3 is 2.83 bits per heavy atom. The lowest BCUT2D eigenvalue weighted by Crippen LogP contribution is -2.36. The van der Waals surface area contributed by atoms with Crippen molar-refractivity contribution >= 4 is 23.7 Å². The number of aromatic carboxylic acids is 1. The van der Waals surface area contributed by atoms with Crippen molar-refractivity contribution in [1.29, 1.82) is 0 Å². The molecule has 0 amide bonds. The predicted molar refractivity (Wildman–Crippen MR) is 93.1 cm³/mol. The van der Waals surface area contributed by atoms with Crippen LogP contribution in [0.25, 0.3) is 0 Å². The standard InChI is InChI=1S/C18H25NO4S/c1-11(2)13-7-6-12(3)9-15(13)23-16(20)10-24-17-14(18(21)22)5-4-8-19-17/h4-5,8,11-13,15H,6-7,9-10H2,1-3H3,(H,21,22). The summed E-state index contributed by atoms with van der Waals surface area (Å²) in [7, 11) is 0. The van der Waals surface area contributed by atoms with E-state index in [-0.39, 0.29) is 23.4 Å². The number of thioether (sulfide) groups is 1. The summed E-state index contributed by atoms with van der Waals surface area (Å²) in [5.74, 6) is 0.191. The summed E-state index contributed by atoms with van der Waals surface area (Å²) in [6.45, 7) is 6.53. The number of ether oxygens (including phenoxy) is 1. The molecular weight excluding hydrogens is 326 g/mol. The van der Waals surface area contributed by atoms with Crippen molar-refractivity contribution < 1.29 is 19.4 Å². The van der Waals surface area contributed by atoms with Crippen LogP contribution in [0.1, 0.15) is 50.4 Å². The van der Waals surface area contributed by atoms with Crippen LogP contribution in [0.2, 0.25) is 0 Å². The smallest absolute Gasteiger partial charge is 0.338 e. The van der Waals surface area contributed by atoms with Crippen molar-refractivity contribution in [2.24, 2.45) is 17.8 Å². The molecule has 24 heavy (non-hydrogen) atoms. The summed E-state index contributed by atoms with van der Waals surface area (Å²) in [4.78, 5) is 27.4. The first kappa shape index (κ1) is 18.8. The van der Waals surface area contributed by atoms with E-state index < -0.39 is 5.97 Å². The van der Waals surface area contributed by atoms with Gasteiger partial charge in [-0.15, -0.1) is 0 Å². The summed E-state index contributed by atoms with van der Waals surface area (Å²) in [6, 6.07) is 3.06. The van der Waals surface area contributed by atoms with Gasteiger partial charge in [0.15, 0.2) is 0 Å². The van der Waals surface area contributed by atoms with Gasteiger partial charge in [-0.25, -0.2) is 9.78 Å². The molecule has 1 aliphatic carbocycles. The number of carboxylic acid groups (broad SMARTS) is 1. The number of pyridine rings is 1. The summed E-state index contributed by atoms with van der Waals surface area (Å²) in [5.41, 5.74) is 0.113. The molecule has 5 nitrogen and oxygen atoms in total. The average Bonchev–Trinajstić information content (AvgIpc) is 2.53. The molecule has 1 aromatic heterocycles. The Morgan fingerprint density at radius 2 is 2.17 bits per heavy atom. The topological polar surface area (TPSA) is 76.5 Å². The van der Waals surface area contributed by atoms with Crippen molar-refractivity contribution in [3.8, 4) is 0 Å². The van der Waals surface area contributed by atoms with Crippen molar-refractivity contribution in [1.82, 2.24) is 4.98 Å². The minimum atomic E-state index is -1.04. The summed E-state index contributed by atoms with van der Waals surface area (Å²) >= 11 is 1.12. The summed E-state index contributed by atoms with van der Waals surface area (Å²) in [5, 5.41) is 9.49. The SMILES string of the molecule is CC1CCC(C(C)C)C(OC(=O)CSc2ncccc2C(=O)O)C1. The van der Waals surface area contributed by atoms with Crippen LogP contribution in [-0.2, 0) is 9.53 Å². The minimum Gasteiger partial charge on any atom is -0.478 e. The molecule has 0 saturated heterocycles. The molecule has 0 aromatic carbocycles. The zero-order valence-electron chi connectivity index (χ0n) is 14.4. The molecule has 2 rings (SSSR count). The van der Waals surface area contributed by atoms with Gasteiger partial charge in [-0.1, -0.05) is 39.0 Å². The first-order valence-corrected chi connectivity index (χ1v) is 9.37. The highest BCUT2D eigenvalue weighted by atomic mass is 32.2. The normalized spacial score (nSPS) is 23.9. The van der Waals surface area contributed by atoms with E-state index in [9.17, 15) is 9.59 Å². The van der Waals surface area contributed by atoms with E-state index in [1.807, 2.05) is 0 Å². The summed E-state index contributed by atoms with van der Waals surface area (Å²) in [6.07, 6.45) is 4.67. The number of carbonyl (C=O) groups excluding carboxylic acids is 1. The van der Waals surface area contributed by atoms with Gasteiger partial charge in [0.25, 0.3) is 0 Å². The lowest BCUT2D eigenvalue weighted by molar-refractivity contribution is -0.152. The van der Waals surface area contributed by atoms with Gasteiger partial charge in [0, 0.05) is 6.20 Å². The van der Waals surface area contributed by atoms with E-state index in [2.05, 4.69) is 25.8 Å². The Balaban J connectivity index is 1.94. The third kappa shape index (κ3) is 4.97. The van der Waals surface area contributed by atoms with Gasteiger partial charge in [0.1, 0.15) is 11.1 Å². The molecule has 0 bridgehead atoms. The van der Waals surface area contributed by atoms with E-state index in [1.165, 1.54) is 18.7 Å². The number of carboxylic acids is 1. The van der Waals surface area contributed by atoms with Crippen LogP contribution in [0.15, 0.2) is 23.4 Å². The van der Waals surface area contributed by atoms with Crippen LogP contribution < -0.4 is 0 Å². The zero-order chi connectivity index (χ0) is 17.7. The van der Waals surface area contributed by atoms with Crippen LogP contribution in [0, 0.1) is 17.8 Å². The molecule has 0 spiro atoms. The number of rotatable bonds is 6. The Bertz CT molecular complexity index is 590. The van der Waals surface area contributed by atoms with Crippen molar-refractivity contribution in [3.05, 3.63) is 23.9 Å². The van der Waals surface area contributed by atoms with Gasteiger partial charge in [0.05, 0.1) is 11.3 Å². The van der Waals surface area contributed by atoms with Crippen LogP contribution in [0.4, 0.5) is 0 Å². The zero-order valence-corrected chi connectivity index (χ0v) is 15.2. The molecule has 1 aromatic rings. The summed E-state index contributed by atoms with van der Waals surface area (Å²) < 4.78 is 5.72. The van der Waals surface area contributed by atoms with E-state index in [0.717, 1.165) is 24.6 Å². The molecule has 3 atom stereocenters. The quantitative estimate of drug-likeness (QED) is 0.619. The van der Waals surface area contributed by atoms with Gasteiger partial charge in [0.2, 0.25) is 0 Å². The molecular formula is C18H25NO4S. The maximum Gasteiger partial charge on any atom is 0.338 e. The fraction of sp³-hybridized carbons (Fsp3) is 0.611. The average molecular weight is 351 g/mol. The maximum atomic E-state index is 12.2. The highest BCUT2D eigenvalue weighted by Crippen LogP contribution is 2.35. The molecule has 1 aliphatic rings. The van der Waals surface area contributed by atoms with E-state index in [1.54, 1.807) is 6.07 Å².